The van der Waals surface area contributed by atoms with Crippen LogP contribution in [-0.2, 0) is 13.0 Å². The molecule has 0 aliphatic rings. The Labute approximate surface area is 163 Å². The average molecular weight is 465 g/mol. The molecule has 3 aromatic rings. The summed E-state index contributed by atoms with van der Waals surface area (Å²) in [6, 6.07) is 9.30. The summed E-state index contributed by atoms with van der Waals surface area (Å²) in [4.78, 5) is 3.93. The first kappa shape index (κ1) is 18.3. The third-order valence-corrected chi connectivity index (χ3v) is 4.49. The number of rotatable bonds is 6. The number of hydrogen-bond donors (Lipinski definition) is 0. The van der Waals surface area contributed by atoms with Gasteiger partial charge in [-0.1, -0.05) is 6.07 Å². The highest BCUT2D eigenvalue weighted by Gasteiger charge is 2.15. The number of ether oxygens (including phenoxy) is 1. The van der Waals surface area contributed by atoms with E-state index in [9.17, 15) is 14.0 Å². The molecule has 7 heteroatoms. The third-order valence-electron chi connectivity index (χ3n) is 3.82. The SMILES string of the molecule is N#Cc1c(Cc2ccc(I)cc2F)cc(F)cc1OCCn1ccnc1. The van der Waals surface area contributed by atoms with Gasteiger partial charge in [0, 0.05) is 28.5 Å². The minimum absolute atomic E-state index is 0.112. The Morgan fingerprint density at radius 3 is 2.73 bits per heavy atom. The van der Waals surface area contributed by atoms with Crippen LogP contribution in [0.15, 0.2) is 49.1 Å². The number of hydrogen-bond acceptors (Lipinski definition) is 3. The lowest BCUT2D eigenvalue weighted by Crippen LogP contribution is -2.08. The highest BCUT2D eigenvalue weighted by atomic mass is 127. The zero-order valence-electron chi connectivity index (χ0n) is 13.6. The minimum Gasteiger partial charge on any atom is -0.490 e. The van der Waals surface area contributed by atoms with Gasteiger partial charge >= 0.3 is 0 Å². The zero-order chi connectivity index (χ0) is 18.5. The van der Waals surface area contributed by atoms with Gasteiger partial charge in [0.15, 0.2) is 0 Å². The lowest BCUT2D eigenvalue weighted by molar-refractivity contribution is 0.296. The molecule has 0 atom stereocenters. The molecule has 0 aliphatic heterocycles. The number of benzene rings is 2. The Morgan fingerprint density at radius 1 is 1.19 bits per heavy atom. The van der Waals surface area contributed by atoms with Crippen LogP contribution in [0.4, 0.5) is 8.78 Å². The Hall–Kier alpha value is -2.47. The second-order valence-electron chi connectivity index (χ2n) is 5.61. The van der Waals surface area contributed by atoms with Gasteiger partial charge in [-0.05, 0) is 51.9 Å². The maximum atomic E-state index is 14.1. The maximum absolute atomic E-state index is 14.1. The van der Waals surface area contributed by atoms with Crippen LogP contribution >= 0.6 is 22.6 Å². The van der Waals surface area contributed by atoms with Gasteiger partial charge in [-0.15, -0.1) is 0 Å². The zero-order valence-corrected chi connectivity index (χ0v) is 15.8. The van der Waals surface area contributed by atoms with Crippen LogP contribution in [0.5, 0.6) is 5.75 Å². The first-order valence-corrected chi connectivity index (χ1v) is 8.89. The summed E-state index contributed by atoms with van der Waals surface area (Å²) in [5.41, 5.74) is 1.01. The van der Waals surface area contributed by atoms with E-state index in [1.165, 1.54) is 18.2 Å². The Bertz CT molecular complexity index is 952. The van der Waals surface area contributed by atoms with Crippen molar-refractivity contribution in [1.82, 2.24) is 9.55 Å². The summed E-state index contributed by atoms with van der Waals surface area (Å²) in [7, 11) is 0. The van der Waals surface area contributed by atoms with Crippen molar-refractivity contribution >= 4 is 22.6 Å². The topological polar surface area (TPSA) is 50.8 Å². The minimum atomic E-state index is -0.525. The van der Waals surface area contributed by atoms with Crippen molar-refractivity contribution in [1.29, 1.82) is 5.26 Å². The van der Waals surface area contributed by atoms with Crippen molar-refractivity contribution in [3.05, 3.63) is 80.9 Å². The lowest BCUT2D eigenvalue weighted by Gasteiger charge is -2.13. The van der Waals surface area contributed by atoms with E-state index in [2.05, 4.69) is 11.1 Å². The van der Waals surface area contributed by atoms with Crippen molar-refractivity contribution in [3.63, 3.8) is 0 Å². The molecule has 0 fully saturated rings. The van der Waals surface area contributed by atoms with E-state index >= 15 is 0 Å². The number of aromatic nitrogens is 2. The van der Waals surface area contributed by atoms with Crippen molar-refractivity contribution in [2.45, 2.75) is 13.0 Å². The van der Waals surface area contributed by atoms with Crippen LogP contribution in [-0.4, -0.2) is 16.2 Å². The Balaban J connectivity index is 1.83. The molecule has 0 unspecified atom stereocenters. The third kappa shape index (κ3) is 4.38. The van der Waals surface area contributed by atoms with E-state index in [-0.39, 0.29) is 30.2 Å². The molecule has 0 saturated heterocycles. The van der Waals surface area contributed by atoms with Gasteiger partial charge in [0.05, 0.1) is 18.4 Å². The summed E-state index contributed by atoms with van der Waals surface area (Å²) in [5.74, 6) is -0.747. The maximum Gasteiger partial charge on any atom is 0.140 e. The molecule has 2 aromatic carbocycles. The smallest absolute Gasteiger partial charge is 0.140 e. The molecule has 0 radical (unpaired) electrons. The van der Waals surface area contributed by atoms with Crippen molar-refractivity contribution in [3.8, 4) is 11.8 Å². The highest BCUT2D eigenvalue weighted by Crippen LogP contribution is 2.27. The summed E-state index contributed by atoms with van der Waals surface area (Å²) in [6.45, 7) is 0.772. The van der Waals surface area contributed by atoms with Gasteiger partial charge in [-0.25, -0.2) is 13.8 Å². The molecule has 26 heavy (non-hydrogen) atoms. The van der Waals surface area contributed by atoms with Crippen molar-refractivity contribution in [2.75, 3.05) is 6.61 Å². The number of nitriles is 1. The molecule has 4 nitrogen and oxygen atoms in total. The van der Waals surface area contributed by atoms with Crippen molar-refractivity contribution in [2.24, 2.45) is 0 Å². The second kappa shape index (κ2) is 8.27. The van der Waals surface area contributed by atoms with Gasteiger partial charge < -0.3 is 9.30 Å². The van der Waals surface area contributed by atoms with Crippen LogP contribution in [0, 0.1) is 26.5 Å². The van der Waals surface area contributed by atoms with E-state index < -0.39 is 5.82 Å². The molecule has 0 spiro atoms. The second-order valence-corrected chi connectivity index (χ2v) is 6.86. The predicted octanol–water partition coefficient (Wildman–Crippen LogP) is 4.31. The lowest BCUT2D eigenvalue weighted by atomic mass is 9.99. The molecular weight excluding hydrogens is 451 g/mol. The standard InChI is InChI=1S/C19H14F2IN3O/c20-15-8-14(7-13-1-2-16(22)10-18(13)21)17(11-23)19(9-15)26-6-5-25-4-3-24-12-25/h1-4,8-10,12H,5-7H2. The molecule has 1 heterocycles. The van der Waals surface area contributed by atoms with Crippen LogP contribution in [0.1, 0.15) is 16.7 Å². The molecule has 0 bridgehead atoms. The van der Waals surface area contributed by atoms with Crippen LogP contribution in [0.3, 0.4) is 0 Å². The Kier molecular flexibility index (Phi) is 5.83. The van der Waals surface area contributed by atoms with E-state index in [1.807, 2.05) is 27.2 Å². The summed E-state index contributed by atoms with van der Waals surface area (Å²) >= 11 is 2.02. The molecular formula is C19H14F2IN3O. The molecule has 132 valence electrons. The van der Waals surface area contributed by atoms with Crippen LogP contribution < -0.4 is 4.74 Å². The predicted molar refractivity (Wildman–Crippen MR) is 101 cm³/mol. The van der Waals surface area contributed by atoms with Gasteiger partial charge in [-0.3, -0.25) is 0 Å². The highest BCUT2D eigenvalue weighted by molar-refractivity contribution is 14.1. The van der Waals surface area contributed by atoms with Crippen LogP contribution in [0.2, 0.25) is 0 Å². The molecule has 0 aliphatic carbocycles. The van der Waals surface area contributed by atoms with Gasteiger partial charge in [0.1, 0.15) is 30.1 Å². The first-order valence-electron chi connectivity index (χ1n) is 7.82. The number of imidazole rings is 1. The molecule has 3 rings (SSSR count). The van der Waals surface area contributed by atoms with Crippen LogP contribution in [0.25, 0.3) is 0 Å². The largest absolute Gasteiger partial charge is 0.490 e. The van der Waals surface area contributed by atoms with E-state index in [4.69, 9.17) is 4.74 Å². The van der Waals surface area contributed by atoms with Gasteiger partial charge in [0.2, 0.25) is 0 Å². The quantitative estimate of drug-likeness (QED) is 0.510. The van der Waals surface area contributed by atoms with Gasteiger partial charge in [0.25, 0.3) is 0 Å². The summed E-state index contributed by atoms with van der Waals surface area (Å²) < 4.78 is 36.3. The fourth-order valence-corrected chi connectivity index (χ4v) is 3.02. The number of halogens is 3. The van der Waals surface area contributed by atoms with Crippen molar-refractivity contribution < 1.29 is 13.5 Å². The van der Waals surface area contributed by atoms with Gasteiger partial charge in [-0.2, -0.15) is 5.26 Å². The molecule has 0 N–H and O–H groups in total. The first-order chi connectivity index (χ1) is 12.6. The summed E-state index contributed by atoms with van der Waals surface area (Å²) in [6.07, 6.45) is 5.19. The van der Waals surface area contributed by atoms with E-state index in [0.29, 0.717) is 17.7 Å². The summed E-state index contributed by atoms with van der Waals surface area (Å²) in [5, 5.41) is 9.50. The molecule has 1 aromatic heterocycles. The normalized spacial score (nSPS) is 10.5. The molecule has 0 saturated carbocycles. The molecule has 0 amide bonds. The average Bonchev–Trinajstić information content (AvgIpc) is 3.11. The van der Waals surface area contributed by atoms with E-state index in [0.717, 1.165) is 3.57 Å². The monoisotopic (exact) mass is 465 g/mol. The number of nitrogens with zero attached hydrogens (tertiary/aromatic N) is 3. The Morgan fingerprint density at radius 2 is 2.04 bits per heavy atom. The fraction of sp³-hybridized carbons (Fsp3) is 0.158. The van der Waals surface area contributed by atoms with E-state index in [1.54, 1.807) is 30.9 Å². The fourth-order valence-electron chi connectivity index (χ4n) is 2.57.